The summed E-state index contributed by atoms with van der Waals surface area (Å²) < 4.78 is 29.5. The second kappa shape index (κ2) is 15.2. The zero-order valence-electron chi connectivity index (χ0n) is 33.9. The molecule has 0 aromatic heterocycles. The van der Waals surface area contributed by atoms with Crippen molar-refractivity contribution in [2.24, 2.45) is 16.7 Å². The van der Waals surface area contributed by atoms with Crippen LogP contribution in [0.2, 0.25) is 0 Å². The van der Waals surface area contributed by atoms with E-state index in [1.165, 1.54) is 26.0 Å². The van der Waals surface area contributed by atoms with Crippen LogP contribution in [0.3, 0.4) is 0 Å². The van der Waals surface area contributed by atoms with E-state index in [2.05, 4.69) is 5.32 Å². The lowest BCUT2D eigenvalue weighted by Crippen LogP contribution is -2.81. The second-order valence-corrected chi connectivity index (χ2v) is 17.6. The van der Waals surface area contributed by atoms with Crippen LogP contribution in [0.4, 0.5) is 4.79 Å². The van der Waals surface area contributed by atoms with Crippen molar-refractivity contribution in [3.05, 3.63) is 82.9 Å². The van der Waals surface area contributed by atoms with Crippen LogP contribution in [0.15, 0.2) is 71.8 Å². The molecule has 5 N–H and O–H groups in total. The lowest BCUT2D eigenvalue weighted by Gasteiger charge is -2.67. The van der Waals surface area contributed by atoms with Gasteiger partial charge in [0.25, 0.3) is 0 Å². The Bertz CT molecular complexity index is 1980. The third kappa shape index (κ3) is 7.10. The normalized spacial score (nSPS) is 33.7. The minimum Gasteiger partial charge on any atom is -0.456 e. The van der Waals surface area contributed by atoms with Gasteiger partial charge >= 0.3 is 24.0 Å². The van der Waals surface area contributed by atoms with Gasteiger partial charge in [0.15, 0.2) is 17.5 Å². The highest BCUT2D eigenvalue weighted by Gasteiger charge is 2.78. The molecule has 1 heterocycles. The van der Waals surface area contributed by atoms with E-state index in [1.807, 2.05) is 0 Å². The molecule has 1 amide bonds. The van der Waals surface area contributed by atoms with Crippen LogP contribution in [-0.4, -0.2) is 110 Å². The largest absolute Gasteiger partial charge is 0.456 e. The highest BCUT2D eigenvalue weighted by Crippen LogP contribution is 2.64. The number of carbonyl (C=O) groups excluding carboxylic acids is 5. The predicted octanol–water partition coefficient (Wildman–Crippen LogP) is 3.26. The van der Waals surface area contributed by atoms with Crippen LogP contribution in [0, 0.1) is 16.7 Å². The summed E-state index contributed by atoms with van der Waals surface area (Å²) in [7, 11) is 0. The number of aliphatic hydroxyl groups is 4. The molecule has 5 unspecified atom stereocenters. The molecular weight excluding hydrogens is 754 g/mol. The maximum absolute atomic E-state index is 14.9. The molecule has 3 aliphatic carbocycles. The van der Waals surface area contributed by atoms with Crippen LogP contribution < -0.4 is 5.32 Å². The quantitative estimate of drug-likeness (QED) is 0.147. The summed E-state index contributed by atoms with van der Waals surface area (Å²) in [6.45, 7) is 11.8. The monoisotopic (exact) mass is 807 g/mol. The molecular formula is C43H53NO14. The van der Waals surface area contributed by atoms with E-state index >= 15 is 0 Å². The summed E-state index contributed by atoms with van der Waals surface area (Å²) in [6, 6.07) is 14.6. The van der Waals surface area contributed by atoms with Gasteiger partial charge in [0, 0.05) is 25.2 Å². The van der Waals surface area contributed by atoms with Gasteiger partial charge in [0.2, 0.25) is 0 Å². The van der Waals surface area contributed by atoms with Crippen molar-refractivity contribution in [2.45, 2.75) is 128 Å². The van der Waals surface area contributed by atoms with Crippen LogP contribution in [0.5, 0.6) is 0 Å². The maximum atomic E-state index is 14.9. The number of ether oxygens (including phenoxy) is 5. The van der Waals surface area contributed by atoms with Crippen molar-refractivity contribution in [1.82, 2.24) is 5.32 Å². The average molecular weight is 808 g/mol. The van der Waals surface area contributed by atoms with Gasteiger partial charge in [0.05, 0.1) is 35.6 Å². The van der Waals surface area contributed by atoms with E-state index in [9.17, 15) is 44.4 Å². The first-order valence-electron chi connectivity index (χ1n) is 19.3. The van der Waals surface area contributed by atoms with Gasteiger partial charge < -0.3 is 49.4 Å². The molecule has 1 aliphatic heterocycles. The number of Topliss-reactive ketones (excluding diaryl/α,β-unsaturated/α-hetero) is 1. The Hall–Kier alpha value is -4.67. The van der Waals surface area contributed by atoms with E-state index in [0.29, 0.717) is 5.56 Å². The van der Waals surface area contributed by atoms with Gasteiger partial charge in [-0.3, -0.25) is 9.59 Å². The van der Waals surface area contributed by atoms with E-state index < -0.39 is 112 Å². The molecule has 1 saturated heterocycles. The number of amides is 1. The van der Waals surface area contributed by atoms with E-state index in [1.54, 1.807) is 83.1 Å². The predicted molar refractivity (Wildman–Crippen MR) is 204 cm³/mol. The number of benzene rings is 2. The lowest BCUT2D eigenvalue weighted by atomic mass is 9.44. The fourth-order valence-corrected chi connectivity index (χ4v) is 9.56. The summed E-state index contributed by atoms with van der Waals surface area (Å²) in [5, 5.41) is 51.6. The van der Waals surface area contributed by atoms with Crippen molar-refractivity contribution >= 4 is 29.8 Å². The number of carbonyl (C=O) groups is 5. The van der Waals surface area contributed by atoms with Crippen molar-refractivity contribution < 1.29 is 68.1 Å². The summed E-state index contributed by atoms with van der Waals surface area (Å²) in [4.78, 5) is 68.9. The number of nitrogens with one attached hydrogen (secondary N) is 1. The number of esters is 3. The molecule has 3 fully saturated rings. The summed E-state index contributed by atoms with van der Waals surface area (Å²) >= 11 is 0. The van der Waals surface area contributed by atoms with Gasteiger partial charge in [-0.05, 0) is 63.5 Å². The Kier molecular flexibility index (Phi) is 11.2. The molecule has 2 bridgehead atoms. The summed E-state index contributed by atoms with van der Waals surface area (Å²) in [5.41, 5.74) is -8.14. The Balaban J connectivity index is 1.49. The third-order valence-electron chi connectivity index (χ3n) is 12.6. The molecule has 0 spiro atoms. The van der Waals surface area contributed by atoms with E-state index in [-0.39, 0.29) is 29.7 Å². The fraction of sp³-hybridized carbons (Fsp3) is 0.558. The Labute approximate surface area is 336 Å². The zero-order valence-corrected chi connectivity index (χ0v) is 33.9. The molecule has 6 rings (SSSR count). The van der Waals surface area contributed by atoms with Crippen LogP contribution >= 0.6 is 0 Å². The lowest BCUT2D eigenvalue weighted by molar-refractivity contribution is -0.346. The highest BCUT2D eigenvalue weighted by atomic mass is 16.6. The first kappa shape index (κ1) is 42.9. The minimum absolute atomic E-state index is 0.0637. The molecule has 2 aromatic carbocycles. The Morgan fingerprint density at radius 2 is 1.55 bits per heavy atom. The molecule has 4 aliphatic rings. The third-order valence-corrected chi connectivity index (χ3v) is 12.6. The smallest absolute Gasteiger partial charge is 0.408 e. The highest BCUT2D eigenvalue weighted by molar-refractivity contribution is 5.94. The SMILES string of the molecule is CC(=O)O[C@@]12COC1C[C@H](O)C1(C)C(=O)C(O)C3=C(C)[C@@H](OC(=O)[C@H](O)[C@@H](NC(=O)OC(C)(C)C)c4ccccc4)CC(O)([C@@H](OC(=O)c4ccccc4)C12)C3(C)C. The molecule has 15 nitrogen and oxygen atoms in total. The molecule has 11 atom stereocenters. The van der Waals surface area contributed by atoms with Crippen molar-refractivity contribution in [2.75, 3.05) is 6.61 Å². The summed E-state index contributed by atoms with van der Waals surface area (Å²) in [5.74, 6) is -5.36. The number of ketones is 1. The number of hydrogen-bond acceptors (Lipinski definition) is 14. The fourth-order valence-electron chi connectivity index (χ4n) is 9.56. The number of alkyl carbamates (subject to hydrolysis) is 1. The molecule has 2 saturated carbocycles. The van der Waals surface area contributed by atoms with Crippen molar-refractivity contribution in [1.29, 1.82) is 0 Å². The van der Waals surface area contributed by atoms with Crippen molar-refractivity contribution in [3.8, 4) is 0 Å². The summed E-state index contributed by atoms with van der Waals surface area (Å²) in [6.07, 6.45) is -11.5. The molecule has 0 radical (unpaired) electrons. The Morgan fingerprint density at radius 3 is 2.10 bits per heavy atom. The first-order chi connectivity index (χ1) is 27.0. The van der Waals surface area contributed by atoms with Gasteiger partial charge in [-0.2, -0.15) is 0 Å². The average Bonchev–Trinajstić information content (AvgIpc) is 3.14. The van der Waals surface area contributed by atoms with Crippen LogP contribution in [0.25, 0.3) is 0 Å². The number of fused-ring (bicyclic) bond motifs is 5. The van der Waals surface area contributed by atoms with E-state index in [0.717, 1.165) is 6.92 Å². The minimum atomic E-state index is -2.35. The Morgan fingerprint density at radius 1 is 0.948 bits per heavy atom. The van der Waals surface area contributed by atoms with Crippen LogP contribution in [0.1, 0.15) is 90.2 Å². The molecule has 2 aromatic rings. The van der Waals surface area contributed by atoms with Gasteiger partial charge in [0.1, 0.15) is 35.6 Å². The number of aliphatic hydroxyl groups excluding tert-OH is 3. The topological polar surface area (TPSA) is 224 Å². The molecule has 15 heteroatoms. The molecule has 314 valence electrons. The second-order valence-electron chi connectivity index (χ2n) is 17.6. The van der Waals surface area contributed by atoms with E-state index in [4.69, 9.17) is 23.7 Å². The first-order valence-corrected chi connectivity index (χ1v) is 19.3. The number of rotatable bonds is 8. The standard InChI is InChI=1S/C43H53NO14/c1-22-26(55-37(51)32(48)30(24-15-11-9-12-16-24)44-38(52)58-39(3,4)5)20-43(53)35(56-36(50)25-17-13-10-14-18-25)33-41(8,34(49)31(47)29(22)40(43,6)7)27(46)19-28-42(33,21-54-28)57-23(2)45/h9-18,26-28,30-33,35,46-48,53H,19-21H2,1-8H3,(H,44,52)/t26-,27-,28?,30-,31?,32+,33?,35-,41?,42-,43?/m0/s1. The van der Waals surface area contributed by atoms with Crippen molar-refractivity contribution in [3.63, 3.8) is 0 Å². The van der Waals surface area contributed by atoms with Crippen LogP contribution in [-0.2, 0) is 38.1 Å². The zero-order chi connectivity index (χ0) is 42.7. The van der Waals surface area contributed by atoms with Gasteiger partial charge in [-0.1, -0.05) is 62.4 Å². The molecule has 58 heavy (non-hydrogen) atoms. The number of hydrogen-bond donors (Lipinski definition) is 5. The van der Waals surface area contributed by atoms with Gasteiger partial charge in [-0.25, -0.2) is 14.4 Å². The maximum Gasteiger partial charge on any atom is 0.408 e. The van der Waals surface area contributed by atoms with Gasteiger partial charge in [-0.15, -0.1) is 0 Å².